The molecule has 0 radical (unpaired) electrons. The summed E-state index contributed by atoms with van der Waals surface area (Å²) in [4.78, 5) is 27.9. The fourth-order valence-electron chi connectivity index (χ4n) is 2.88. The Balaban J connectivity index is 1.68. The number of nitrogens with one attached hydrogen (secondary N) is 1. The van der Waals surface area contributed by atoms with Crippen LogP contribution in [0.25, 0.3) is 10.2 Å². The molecule has 1 aliphatic rings. The van der Waals surface area contributed by atoms with Crippen LogP contribution in [0, 0.1) is 10.1 Å². The van der Waals surface area contributed by atoms with Gasteiger partial charge in [-0.1, -0.05) is 11.3 Å². The first-order valence-corrected chi connectivity index (χ1v) is 9.23. The summed E-state index contributed by atoms with van der Waals surface area (Å²) in [5.41, 5.74) is 0.0488. The van der Waals surface area contributed by atoms with Crippen molar-refractivity contribution in [3.05, 3.63) is 39.9 Å². The normalized spacial score (nSPS) is 12.5. The molecule has 0 saturated carbocycles. The minimum Gasteiger partial charge on any atom is -0.493 e. The van der Waals surface area contributed by atoms with Gasteiger partial charge in [0.1, 0.15) is 18.8 Å². The molecule has 0 aliphatic carbocycles. The summed E-state index contributed by atoms with van der Waals surface area (Å²) in [6.07, 6.45) is 0. The Morgan fingerprint density at radius 2 is 1.79 bits per heavy atom. The van der Waals surface area contributed by atoms with Crippen LogP contribution in [0.1, 0.15) is 10.4 Å². The van der Waals surface area contributed by atoms with Gasteiger partial charge in [-0.3, -0.25) is 20.2 Å². The molecule has 0 bridgehead atoms. The highest BCUT2D eigenvalue weighted by atomic mass is 32.1. The number of ether oxygens (including phenoxy) is 4. The Bertz CT molecular complexity index is 1090. The van der Waals surface area contributed by atoms with Crippen LogP contribution < -0.4 is 24.3 Å². The summed E-state index contributed by atoms with van der Waals surface area (Å²) >= 11 is 1.22. The van der Waals surface area contributed by atoms with Crippen LogP contribution in [0.2, 0.25) is 0 Å². The highest BCUT2D eigenvalue weighted by Crippen LogP contribution is 2.39. The monoisotopic (exact) mass is 417 g/mol. The lowest BCUT2D eigenvalue weighted by Gasteiger charge is -2.17. The Hall–Kier alpha value is -3.60. The van der Waals surface area contributed by atoms with Crippen molar-refractivity contribution in [3.63, 3.8) is 0 Å². The standard InChI is InChI=1S/C18H15N3O7S/c1-25-12-5-9(11(21(23)24)7-13(12)26-2)17(22)20-18-19-10-6-14-15(8-16(10)29-18)28-4-3-27-14/h5-8H,3-4H2,1-2H3,(H,19,20,22). The first kappa shape index (κ1) is 18.7. The SMILES string of the molecule is COc1cc(C(=O)Nc2nc3cc4c(cc3s2)OCCO4)c([N+](=O)[O-])cc1OC. The van der Waals surface area contributed by atoms with E-state index in [2.05, 4.69) is 10.3 Å². The second-order valence-corrected chi connectivity index (χ2v) is 6.95. The Labute approximate surface area is 168 Å². The second-order valence-electron chi connectivity index (χ2n) is 5.92. The number of hydrogen-bond donors (Lipinski definition) is 1. The number of carbonyl (C=O) groups excluding carboxylic acids is 1. The van der Waals surface area contributed by atoms with Crippen molar-refractivity contribution in [3.8, 4) is 23.0 Å². The van der Waals surface area contributed by atoms with E-state index in [1.54, 1.807) is 12.1 Å². The zero-order valence-corrected chi connectivity index (χ0v) is 16.2. The summed E-state index contributed by atoms with van der Waals surface area (Å²) in [5, 5.41) is 14.3. The summed E-state index contributed by atoms with van der Waals surface area (Å²) < 4.78 is 22.1. The Morgan fingerprint density at radius 1 is 1.14 bits per heavy atom. The number of methoxy groups -OCH3 is 2. The van der Waals surface area contributed by atoms with Crippen molar-refractivity contribution in [1.29, 1.82) is 0 Å². The van der Waals surface area contributed by atoms with Gasteiger partial charge in [0.25, 0.3) is 11.6 Å². The first-order valence-electron chi connectivity index (χ1n) is 8.42. The van der Waals surface area contributed by atoms with E-state index in [0.29, 0.717) is 30.2 Å². The maximum absolute atomic E-state index is 12.7. The number of nitro benzene ring substituents is 1. The van der Waals surface area contributed by atoms with E-state index < -0.39 is 16.5 Å². The van der Waals surface area contributed by atoms with Crippen LogP contribution in [0.3, 0.4) is 0 Å². The molecule has 0 spiro atoms. The van der Waals surface area contributed by atoms with Gasteiger partial charge in [-0.2, -0.15) is 0 Å². The third kappa shape index (κ3) is 3.47. The number of thiazole rings is 1. The minimum atomic E-state index is -0.686. The zero-order valence-electron chi connectivity index (χ0n) is 15.4. The molecule has 1 amide bonds. The second kappa shape index (κ2) is 7.43. The van der Waals surface area contributed by atoms with E-state index in [9.17, 15) is 14.9 Å². The van der Waals surface area contributed by atoms with Gasteiger partial charge < -0.3 is 18.9 Å². The molecule has 1 aromatic heterocycles. The summed E-state index contributed by atoms with van der Waals surface area (Å²) in [6, 6.07) is 5.93. The number of hydrogen-bond acceptors (Lipinski definition) is 9. The Kier molecular flexibility index (Phi) is 4.80. The van der Waals surface area contributed by atoms with Crippen molar-refractivity contribution in [2.45, 2.75) is 0 Å². The molecule has 2 heterocycles. The fourth-order valence-corrected chi connectivity index (χ4v) is 3.76. The molecule has 11 heteroatoms. The van der Waals surface area contributed by atoms with E-state index in [-0.39, 0.29) is 22.2 Å². The highest BCUT2D eigenvalue weighted by Gasteiger charge is 2.25. The summed E-state index contributed by atoms with van der Waals surface area (Å²) in [5.74, 6) is 0.869. The van der Waals surface area contributed by atoms with Crippen molar-refractivity contribution < 1.29 is 28.7 Å². The van der Waals surface area contributed by atoms with Crippen LogP contribution >= 0.6 is 11.3 Å². The van der Waals surface area contributed by atoms with Crippen molar-refractivity contribution >= 4 is 38.3 Å². The quantitative estimate of drug-likeness (QED) is 0.496. The van der Waals surface area contributed by atoms with Gasteiger partial charge in [0.2, 0.25) is 0 Å². The van der Waals surface area contributed by atoms with Gasteiger partial charge in [0.05, 0.1) is 35.4 Å². The van der Waals surface area contributed by atoms with Gasteiger partial charge in [-0.05, 0) is 0 Å². The van der Waals surface area contributed by atoms with E-state index in [1.807, 2.05) is 0 Å². The molecule has 2 aromatic carbocycles. The molecular weight excluding hydrogens is 402 g/mol. The average molecular weight is 417 g/mol. The van der Waals surface area contributed by atoms with E-state index >= 15 is 0 Å². The van der Waals surface area contributed by atoms with Gasteiger partial charge in [-0.15, -0.1) is 0 Å². The lowest BCUT2D eigenvalue weighted by atomic mass is 10.1. The maximum Gasteiger partial charge on any atom is 0.286 e. The number of carbonyl (C=O) groups is 1. The number of rotatable bonds is 5. The first-order chi connectivity index (χ1) is 14.0. The van der Waals surface area contributed by atoms with Gasteiger partial charge >= 0.3 is 0 Å². The molecule has 1 N–H and O–H groups in total. The molecular formula is C18H15N3O7S. The molecule has 0 unspecified atom stereocenters. The van der Waals surface area contributed by atoms with Crippen molar-refractivity contribution in [2.75, 3.05) is 32.8 Å². The van der Waals surface area contributed by atoms with E-state index in [0.717, 1.165) is 10.8 Å². The summed E-state index contributed by atoms with van der Waals surface area (Å²) in [6.45, 7) is 0.916. The molecule has 0 atom stereocenters. The lowest BCUT2D eigenvalue weighted by Crippen LogP contribution is -2.15. The number of benzene rings is 2. The smallest absolute Gasteiger partial charge is 0.286 e. The number of amides is 1. The predicted molar refractivity (Wildman–Crippen MR) is 105 cm³/mol. The maximum atomic E-state index is 12.7. The van der Waals surface area contributed by atoms with Crippen molar-refractivity contribution in [1.82, 2.24) is 4.98 Å². The largest absolute Gasteiger partial charge is 0.493 e. The zero-order chi connectivity index (χ0) is 20.5. The molecule has 29 heavy (non-hydrogen) atoms. The van der Waals surface area contributed by atoms with Gasteiger partial charge in [-0.25, -0.2) is 4.98 Å². The molecule has 0 saturated heterocycles. The molecule has 0 fully saturated rings. The van der Waals surface area contributed by atoms with Crippen LogP contribution in [-0.4, -0.2) is 43.2 Å². The number of nitrogens with zero attached hydrogens (tertiary/aromatic N) is 2. The molecule has 4 rings (SSSR count). The molecule has 150 valence electrons. The molecule has 1 aliphatic heterocycles. The number of anilines is 1. The average Bonchev–Trinajstić information content (AvgIpc) is 3.11. The van der Waals surface area contributed by atoms with Crippen LogP contribution in [0.4, 0.5) is 10.8 Å². The third-order valence-corrected chi connectivity index (χ3v) is 5.15. The van der Waals surface area contributed by atoms with E-state index in [4.69, 9.17) is 18.9 Å². The van der Waals surface area contributed by atoms with Gasteiger partial charge in [0.15, 0.2) is 28.1 Å². The number of aromatic nitrogens is 1. The van der Waals surface area contributed by atoms with Crippen molar-refractivity contribution in [2.24, 2.45) is 0 Å². The minimum absolute atomic E-state index is 0.154. The summed E-state index contributed by atoms with van der Waals surface area (Å²) in [7, 11) is 2.74. The fraction of sp³-hybridized carbons (Fsp3) is 0.222. The number of nitro groups is 1. The molecule has 3 aromatic rings. The highest BCUT2D eigenvalue weighted by molar-refractivity contribution is 7.22. The topological polar surface area (TPSA) is 122 Å². The van der Waals surface area contributed by atoms with Crippen LogP contribution in [-0.2, 0) is 0 Å². The predicted octanol–water partition coefficient (Wildman–Crippen LogP) is 3.25. The Morgan fingerprint density at radius 3 is 2.45 bits per heavy atom. The number of fused-ring (bicyclic) bond motifs is 2. The third-order valence-electron chi connectivity index (χ3n) is 4.22. The van der Waals surface area contributed by atoms with Gasteiger partial charge in [0, 0.05) is 18.2 Å². The van der Waals surface area contributed by atoms with E-state index in [1.165, 1.54) is 31.6 Å². The van der Waals surface area contributed by atoms with Crippen LogP contribution in [0.15, 0.2) is 24.3 Å². The van der Waals surface area contributed by atoms with Crippen LogP contribution in [0.5, 0.6) is 23.0 Å². The lowest BCUT2D eigenvalue weighted by molar-refractivity contribution is -0.385. The molecule has 10 nitrogen and oxygen atoms in total.